The van der Waals surface area contributed by atoms with Crippen molar-refractivity contribution in [1.29, 1.82) is 0 Å². The third-order valence-electron chi connectivity index (χ3n) is 2.98. The number of rotatable bonds is 5. The van der Waals surface area contributed by atoms with Crippen molar-refractivity contribution in [3.8, 4) is 0 Å². The summed E-state index contributed by atoms with van der Waals surface area (Å²) in [6.07, 6.45) is 1.45. The molecular formula is C14H18N4O. The molecule has 2 aromatic rings. The number of nitrogen functional groups attached to an aromatic ring is 1. The maximum Gasteiger partial charge on any atom is 0.137 e. The Labute approximate surface area is 112 Å². The number of aliphatic hydroxyl groups is 1. The first-order valence-electron chi connectivity index (χ1n) is 6.19. The second kappa shape index (κ2) is 6.15. The summed E-state index contributed by atoms with van der Waals surface area (Å²) in [7, 11) is 0. The van der Waals surface area contributed by atoms with E-state index in [0.29, 0.717) is 18.9 Å². The first kappa shape index (κ1) is 13.3. The summed E-state index contributed by atoms with van der Waals surface area (Å²) in [6.45, 7) is 3.14. The van der Waals surface area contributed by atoms with E-state index in [2.05, 4.69) is 9.97 Å². The standard InChI is InChI=1S/C14H18N4O/c1-11-13(15)16-10-17-14(11)18(7-8-19)9-12-5-3-2-4-6-12/h2-6,10,19H,7-9H2,1H3,(H2,15,16,17). The zero-order valence-corrected chi connectivity index (χ0v) is 11.0. The van der Waals surface area contributed by atoms with Crippen LogP contribution < -0.4 is 10.6 Å². The highest BCUT2D eigenvalue weighted by Gasteiger charge is 2.13. The highest BCUT2D eigenvalue weighted by Crippen LogP contribution is 2.21. The van der Waals surface area contributed by atoms with Gasteiger partial charge < -0.3 is 15.7 Å². The maximum atomic E-state index is 9.22. The Bertz CT molecular complexity index is 530. The molecule has 0 spiro atoms. The van der Waals surface area contributed by atoms with Gasteiger partial charge in [0.25, 0.3) is 0 Å². The van der Waals surface area contributed by atoms with Crippen LogP contribution in [-0.2, 0) is 6.54 Å². The molecule has 0 fully saturated rings. The van der Waals surface area contributed by atoms with Gasteiger partial charge in [0.05, 0.1) is 6.61 Å². The average Bonchev–Trinajstić information content (AvgIpc) is 2.43. The van der Waals surface area contributed by atoms with Gasteiger partial charge in [-0.1, -0.05) is 30.3 Å². The van der Waals surface area contributed by atoms with Gasteiger partial charge in [0.15, 0.2) is 0 Å². The molecule has 1 heterocycles. The number of hydrogen-bond donors (Lipinski definition) is 2. The van der Waals surface area contributed by atoms with Gasteiger partial charge in [0, 0.05) is 18.7 Å². The van der Waals surface area contributed by atoms with Crippen molar-refractivity contribution in [2.24, 2.45) is 0 Å². The number of nitrogens with zero attached hydrogens (tertiary/aromatic N) is 3. The Morgan fingerprint density at radius 1 is 1.21 bits per heavy atom. The Balaban J connectivity index is 2.27. The van der Waals surface area contributed by atoms with Crippen LogP contribution in [0.2, 0.25) is 0 Å². The van der Waals surface area contributed by atoms with E-state index in [-0.39, 0.29) is 6.61 Å². The third-order valence-corrected chi connectivity index (χ3v) is 2.98. The van der Waals surface area contributed by atoms with Crippen molar-refractivity contribution in [2.75, 3.05) is 23.8 Å². The molecule has 0 amide bonds. The van der Waals surface area contributed by atoms with E-state index in [1.165, 1.54) is 6.33 Å². The summed E-state index contributed by atoms with van der Waals surface area (Å²) in [6, 6.07) is 10.1. The van der Waals surface area contributed by atoms with E-state index in [1.807, 2.05) is 42.2 Å². The molecule has 0 radical (unpaired) electrons. The fourth-order valence-electron chi connectivity index (χ4n) is 1.96. The van der Waals surface area contributed by atoms with Crippen LogP contribution in [0.4, 0.5) is 11.6 Å². The monoisotopic (exact) mass is 258 g/mol. The molecule has 2 rings (SSSR count). The van der Waals surface area contributed by atoms with Gasteiger partial charge in [0.2, 0.25) is 0 Å². The predicted molar refractivity (Wildman–Crippen MR) is 75.8 cm³/mol. The van der Waals surface area contributed by atoms with Crippen LogP contribution >= 0.6 is 0 Å². The zero-order valence-electron chi connectivity index (χ0n) is 11.0. The number of nitrogens with two attached hydrogens (primary N) is 1. The fraction of sp³-hybridized carbons (Fsp3) is 0.286. The molecule has 0 aliphatic rings. The summed E-state index contributed by atoms with van der Waals surface area (Å²) in [5, 5.41) is 9.22. The lowest BCUT2D eigenvalue weighted by atomic mass is 10.2. The predicted octanol–water partition coefficient (Wildman–Crippen LogP) is 1.37. The first-order valence-corrected chi connectivity index (χ1v) is 6.19. The van der Waals surface area contributed by atoms with Crippen molar-refractivity contribution in [2.45, 2.75) is 13.5 Å². The molecule has 0 saturated carbocycles. The summed E-state index contributed by atoms with van der Waals surface area (Å²) < 4.78 is 0. The Hall–Kier alpha value is -2.14. The average molecular weight is 258 g/mol. The number of hydrogen-bond acceptors (Lipinski definition) is 5. The summed E-state index contributed by atoms with van der Waals surface area (Å²) in [5.74, 6) is 1.24. The quantitative estimate of drug-likeness (QED) is 0.847. The number of aliphatic hydroxyl groups excluding tert-OH is 1. The van der Waals surface area contributed by atoms with Crippen LogP contribution in [0, 0.1) is 6.92 Å². The lowest BCUT2D eigenvalue weighted by Gasteiger charge is -2.24. The lowest BCUT2D eigenvalue weighted by Crippen LogP contribution is -2.28. The second-order valence-electron chi connectivity index (χ2n) is 4.34. The number of anilines is 2. The lowest BCUT2D eigenvalue weighted by molar-refractivity contribution is 0.301. The maximum absolute atomic E-state index is 9.22. The number of benzene rings is 1. The van der Waals surface area contributed by atoms with Gasteiger partial charge in [-0.3, -0.25) is 0 Å². The molecule has 0 unspecified atom stereocenters. The van der Waals surface area contributed by atoms with Gasteiger partial charge in [0.1, 0.15) is 18.0 Å². The van der Waals surface area contributed by atoms with Crippen molar-refractivity contribution >= 4 is 11.6 Å². The van der Waals surface area contributed by atoms with E-state index in [0.717, 1.165) is 16.9 Å². The van der Waals surface area contributed by atoms with Crippen molar-refractivity contribution in [3.05, 3.63) is 47.8 Å². The number of aromatic nitrogens is 2. The van der Waals surface area contributed by atoms with Crippen molar-refractivity contribution < 1.29 is 5.11 Å². The van der Waals surface area contributed by atoms with Crippen LogP contribution in [0.25, 0.3) is 0 Å². The molecule has 0 bridgehead atoms. The van der Waals surface area contributed by atoms with E-state index in [1.54, 1.807) is 0 Å². The molecule has 3 N–H and O–H groups in total. The Morgan fingerprint density at radius 2 is 1.95 bits per heavy atom. The molecule has 19 heavy (non-hydrogen) atoms. The van der Waals surface area contributed by atoms with Crippen LogP contribution in [0.5, 0.6) is 0 Å². The largest absolute Gasteiger partial charge is 0.395 e. The van der Waals surface area contributed by atoms with E-state index in [9.17, 15) is 5.11 Å². The first-order chi connectivity index (χ1) is 9.22. The van der Waals surface area contributed by atoms with Crippen LogP contribution in [0.3, 0.4) is 0 Å². The minimum atomic E-state index is 0.0657. The molecule has 0 aliphatic carbocycles. The molecule has 0 atom stereocenters. The minimum Gasteiger partial charge on any atom is -0.395 e. The summed E-state index contributed by atoms with van der Waals surface area (Å²) in [5.41, 5.74) is 7.81. The van der Waals surface area contributed by atoms with Gasteiger partial charge in [-0.05, 0) is 12.5 Å². The molecule has 5 nitrogen and oxygen atoms in total. The summed E-state index contributed by atoms with van der Waals surface area (Å²) >= 11 is 0. The highest BCUT2D eigenvalue weighted by molar-refractivity contribution is 5.55. The van der Waals surface area contributed by atoms with Gasteiger partial charge in [-0.15, -0.1) is 0 Å². The van der Waals surface area contributed by atoms with Gasteiger partial charge in [-0.2, -0.15) is 0 Å². The van der Waals surface area contributed by atoms with Gasteiger partial charge in [-0.25, -0.2) is 9.97 Å². The van der Waals surface area contributed by atoms with Crippen LogP contribution in [0.1, 0.15) is 11.1 Å². The third kappa shape index (κ3) is 3.20. The molecule has 1 aromatic carbocycles. The SMILES string of the molecule is Cc1c(N)ncnc1N(CCO)Cc1ccccc1. The molecule has 5 heteroatoms. The molecule has 0 saturated heterocycles. The van der Waals surface area contributed by atoms with Crippen molar-refractivity contribution in [3.63, 3.8) is 0 Å². The second-order valence-corrected chi connectivity index (χ2v) is 4.34. The van der Waals surface area contributed by atoms with E-state index < -0.39 is 0 Å². The molecule has 0 aliphatic heterocycles. The minimum absolute atomic E-state index is 0.0657. The molecular weight excluding hydrogens is 240 g/mol. The summed E-state index contributed by atoms with van der Waals surface area (Å²) in [4.78, 5) is 10.2. The zero-order chi connectivity index (χ0) is 13.7. The topological polar surface area (TPSA) is 75.3 Å². The molecule has 100 valence electrons. The van der Waals surface area contributed by atoms with Gasteiger partial charge >= 0.3 is 0 Å². The Kier molecular flexibility index (Phi) is 4.30. The van der Waals surface area contributed by atoms with E-state index in [4.69, 9.17) is 5.73 Å². The smallest absolute Gasteiger partial charge is 0.137 e. The van der Waals surface area contributed by atoms with E-state index >= 15 is 0 Å². The Morgan fingerprint density at radius 3 is 2.63 bits per heavy atom. The van der Waals surface area contributed by atoms with Crippen molar-refractivity contribution in [1.82, 2.24) is 9.97 Å². The fourth-order valence-corrected chi connectivity index (χ4v) is 1.96. The van der Waals surface area contributed by atoms with Crippen LogP contribution in [-0.4, -0.2) is 28.2 Å². The normalized spacial score (nSPS) is 10.4. The highest BCUT2D eigenvalue weighted by atomic mass is 16.3. The van der Waals surface area contributed by atoms with Crippen LogP contribution in [0.15, 0.2) is 36.7 Å². The molecule has 1 aromatic heterocycles.